The van der Waals surface area contributed by atoms with Gasteiger partial charge in [0.2, 0.25) is 5.91 Å². The molecule has 1 aromatic carbocycles. The van der Waals surface area contributed by atoms with Gasteiger partial charge in [-0.1, -0.05) is 30.3 Å². The molecule has 100 valence electrons. The zero-order valence-corrected chi connectivity index (χ0v) is 10.6. The maximum atomic E-state index is 11.6. The summed E-state index contributed by atoms with van der Waals surface area (Å²) in [5.74, 6) is -0.0921. The normalized spacial score (nSPS) is 12.1. The molecule has 1 unspecified atom stereocenters. The van der Waals surface area contributed by atoms with Crippen molar-refractivity contribution in [2.75, 3.05) is 6.54 Å². The molecule has 0 fully saturated rings. The molecule has 0 radical (unpaired) electrons. The van der Waals surface area contributed by atoms with E-state index in [0.29, 0.717) is 13.0 Å². The molecule has 5 nitrogen and oxygen atoms in total. The molecule has 1 aromatic heterocycles. The van der Waals surface area contributed by atoms with Crippen molar-refractivity contribution in [2.24, 2.45) is 0 Å². The number of aryl methyl sites for hydroxylation is 1. The van der Waals surface area contributed by atoms with Crippen LogP contribution in [0.3, 0.4) is 0 Å². The predicted molar refractivity (Wildman–Crippen MR) is 71.3 cm³/mol. The van der Waals surface area contributed by atoms with Gasteiger partial charge in [0.1, 0.15) is 0 Å². The first-order chi connectivity index (χ1) is 9.25. The van der Waals surface area contributed by atoms with Crippen molar-refractivity contribution in [2.45, 2.75) is 19.1 Å². The Morgan fingerprint density at radius 2 is 2.11 bits per heavy atom. The van der Waals surface area contributed by atoms with Crippen molar-refractivity contribution >= 4 is 5.91 Å². The van der Waals surface area contributed by atoms with Crippen LogP contribution in [-0.4, -0.2) is 27.3 Å². The second-order valence-corrected chi connectivity index (χ2v) is 4.25. The summed E-state index contributed by atoms with van der Waals surface area (Å²) in [4.78, 5) is 11.6. The largest absolute Gasteiger partial charge is 0.387 e. The monoisotopic (exact) mass is 259 g/mol. The van der Waals surface area contributed by atoms with Gasteiger partial charge in [-0.05, 0) is 11.6 Å². The van der Waals surface area contributed by atoms with E-state index in [2.05, 4.69) is 10.4 Å². The number of amides is 1. The molecule has 5 heteroatoms. The smallest absolute Gasteiger partial charge is 0.221 e. The van der Waals surface area contributed by atoms with Crippen molar-refractivity contribution in [1.29, 1.82) is 0 Å². The maximum absolute atomic E-state index is 11.6. The van der Waals surface area contributed by atoms with Crippen LogP contribution in [-0.2, 0) is 11.3 Å². The summed E-state index contributed by atoms with van der Waals surface area (Å²) in [6, 6.07) is 11.1. The highest BCUT2D eigenvalue weighted by atomic mass is 16.3. The third-order valence-electron chi connectivity index (χ3n) is 2.80. The fourth-order valence-corrected chi connectivity index (χ4v) is 1.74. The number of hydrogen-bond acceptors (Lipinski definition) is 3. The van der Waals surface area contributed by atoms with E-state index in [1.165, 1.54) is 0 Å². The molecule has 0 aliphatic heterocycles. The van der Waals surface area contributed by atoms with E-state index >= 15 is 0 Å². The molecule has 2 rings (SSSR count). The zero-order chi connectivity index (χ0) is 13.5. The van der Waals surface area contributed by atoms with Gasteiger partial charge < -0.3 is 10.4 Å². The summed E-state index contributed by atoms with van der Waals surface area (Å²) >= 11 is 0. The van der Waals surface area contributed by atoms with Crippen LogP contribution in [0, 0.1) is 0 Å². The SMILES string of the molecule is O=C(CCn1cccn1)NCC(O)c1ccccc1. The summed E-state index contributed by atoms with van der Waals surface area (Å²) in [5.41, 5.74) is 0.801. The quantitative estimate of drug-likeness (QED) is 0.817. The number of aliphatic hydroxyl groups is 1. The van der Waals surface area contributed by atoms with E-state index in [-0.39, 0.29) is 12.5 Å². The van der Waals surface area contributed by atoms with Gasteiger partial charge in [0.05, 0.1) is 6.10 Å². The highest BCUT2D eigenvalue weighted by Gasteiger charge is 2.08. The molecule has 2 aromatic rings. The van der Waals surface area contributed by atoms with Crippen LogP contribution in [0.1, 0.15) is 18.1 Å². The van der Waals surface area contributed by atoms with Crippen LogP contribution in [0.25, 0.3) is 0 Å². The molecular formula is C14H17N3O2. The predicted octanol–water partition coefficient (Wildman–Crippen LogP) is 1.12. The second kappa shape index (κ2) is 6.70. The van der Waals surface area contributed by atoms with Gasteiger partial charge in [0, 0.05) is 31.9 Å². The first-order valence-corrected chi connectivity index (χ1v) is 6.23. The minimum absolute atomic E-state index is 0.0921. The standard InChI is InChI=1S/C14H17N3O2/c18-13(12-5-2-1-3-6-12)11-15-14(19)7-10-17-9-4-8-16-17/h1-6,8-9,13,18H,7,10-11H2,(H,15,19). The Morgan fingerprint density at radius 3 is 2.79 bits per heavy atom. The van der Waals surface area contributed by atoms with Crippen molar-refractivity contribution in [3.05, 3.63) is 54.4 Å². The van der Waals surface area contributed by atoms with Gasteiger partial charge in [0.25, 0.3) is 0 Å². The Morgan fingerprint density at radius 1 is 1.32 bits per heavy atom. The number of rotatable bonds is 6. The first kappa shape index (κ1) is 13.3. The molecule has 0 saturated carbocycles. The summed E-state index contributed by atoms with van der Waals surface area (Å²) in [6.07, 6.45) is 3.17. The third-order valence-corrected chi connectivity index (χ3v) is 2.80. The molecule has 19 heavy (non-hydrogen) atoms. The molecule has 0 saturated heterocycles. The zero-order valence-electron chi connectivity index (χ0n) is 10.6. The Kier molecular flexibility index (Phi) is 4.69. The lowest BCUT2D eigenvalue weighted by Crippen LogP contribution is -2.29. The number of nitrogens with one attached hydrogen (secondary N) is 1. The average molecular weight is 259 g/mol. The summed E-state index contributed by atoms with van der Waals surface area (Å²) in [6.45, 7) is 0.766. The van der Waals surface area contributed by atoms with Gasteiger partial charge in [-0.2, -0.15) is 5.10 Å². The summed E-state index contributed by atoms with van der Waals surface area (Å²) < 4.78 is 1.70. The molecule has 1 heterocycles. The van der Waals surface area contributed by atoms with Crippen LogP contribution in [0.2, 0.25) is 0 Å². The Hall–Kier alpha value is -2.14. The van der Waals surface area contributed by atoms with Gasteiger partial charge in [-0.3, -0.25) is 9.48 Å². The van der Waals surface area contributed by atoms with Gasteiger partial charge in [0.15, 0.2) is 0 Å². The summed E-state index contributed by atoms with van der Waals surface area (Å²) in [7, 11) is 0. The molecular weight excluding hydrogens is 242 g/mol. The second-order valence-electron chi connectivity index (χ2n) is 4.25. The van der Waals surface area contributed by atoms with Gasteiger partial charge in [-0.15, -0.1) is 0 Å². The highest BCUT2D eigenvalue weighted by Crippen LogP contribution is 2.10. The molecule has 0 aliphatic rings. The molecule has 1 atom stereocenters. The Balaban J connectivity index is 1.71. The summed E-state index contributed by atoms with van der Waals surface area (Å²) in [5, 5.41) is 16.6. The fraction of sp³-hybridized carbons (Fsp3) is 0.286. The minimum Gasteiger partial charge on any atom is -0.387 e. The van der Waals surface area contributed by atoms with Crippen molar-refractivity contribution in [1.82, 2.24) is 15.1 Å². The van der Waals surface area contributed by atoms with Crippen LogP contribution in [0.15, 0.2) is 48.8 Å². The highest BCUT2D eigenvalue weighted by molar-refractivity contribution is 5.75. The van der Waals surface area contributed by atoms with Gasteiger partial charge >= 0.3 is 0 Å². The van der Waals surface area contributed by atoms with Crippen LogP contribution < -0.4 is 5.32 Å². The van der Waals surface area contributed by atoms with E-state index in [4.69, 9.17) is 0 Å². The molecule has 0 aliphatic carbocycles. The van der Waals surface area contributed by atoms with E-state index in [9.17, 15) is 9.90 Å². The van der Waals surface area contributed by atoms with E-state index in [0.717, 1.165) is 5.56 Å². The topological polar surface area (TPSA) is 67.2 Å². The number of aliphatic hydroxyl groups excluding tert-OH is 1. The Bertz CT molecular complexity index is 497. The number of carbonyl (C=O) groups is 1. The number of benzene rings is 1. The van der Waals surface area contributed by atoms with Crippen molar-refractivity contribution < 1.29 is 9.90 Å². The average Bonchev–Trinajstić information content (AvgIpc) is 2.96. The van der Waals surface area contributed by atoms with Crippen LogP contribution in [0.5, 0.6) is 0 Å². The maximum Gasteiger partial charge on any atom is 0.221 e. The molecule has 1 amide bonds. The van der Waals surface area contributed by atoms with Crippen molar-refractivity contribution in [3.63, 3.8) is 0 Å². The minimum atomic E-state index is -0.671. The fourth-order valence-electron chi connectivity index (χ4n) is 1.74. The van der Waals surface area contributed by atoms with E-state index < -0.39 is 6.10 Å². The third kappa shape index (κ3) is 4.22. The molecule has 0 bridgehead atoms. The molecule has 2 N–H and O–H groups in total. The number of aromatic nitrogens is 2. The van der Waals surface area contributed by atoms with Crippen LogP contribution in [0.4, 0.5) is 0 Å². The van der Waals surface area contributed by atoms with Crippen LogP contribution >= 0.6 is 0 Å². The Labute approximate surface area is 111 Å². The van der Waals surface area contributed by atoms with Crippen molar-refractivity contribution in [3.8, 4) is 0 Å². The first-order valence-electron chi connectivity index (χ1n) is 6.23. The van der Waals surface area contributed by atoms with Gasteiger partial charge in [-0.25, -0.2) is 0 Å². The number of carbonyl (C=O) groups excluding carboxylic acids is 1. The lowest BCUT2D eigenvalue weighted by atomic mass is 10.1. The number of hydrogen-bond donors (Lipinski definition) is 2. The molecule has 0 spiro atoms. The number of nitrogens with zero attached hydrogens (tertiary/aromatic N) is 2. The van der Waals surface area contributed by atoms with E-state index in [1.54, 1.807) is 10.9 Å². The lowest BCUT2D eigenvalue weighted by Gasteiger charge is -2.12. The lowest BCUT2D eigenvalue weighted by molar-refractivity contribution is -0.121. The van der Waals surface area contributed by atoms with E-state index in [1.807, 2.05) is 42.6 Å².